The van der Waals surface area contributed by atoms with E-state index >= 15 is 0 Å². The monoisotopic (exact) mass is 218 g/mol. The van der Waals surface area contributed by atoms with Crippen molar-refractivity contribution in [2.45, 2.75) is 20.3 Å². The number of fused-ring (bicyclic) bond motifs is 1. The standard InChI is InChI=1S/C13H14O3/c1-4-9-7-11(14)10-5-6-12(15-3)8(2)13(10)16-9/h5-7H,4H2,1-3H3. The first-order valence-corrected chi connectivity index (χ1v) is 5.27. The summed E-state index contributed by atoms with van der Waals surface area (Å²) >= 11 is 0. The van der Waals surface area contributed by atoms with Gasteiger partial charge < -0.3 is 9.15 Å². The largest absolute Gasteiger partial charge is 0.496 e. The summed E-state index contributed by atoms with van der Waals surface area (Å²) in [4.78, 5) is 11.8. The Morgan fingerprint density at radius 1 is 1.38 bits per heavy atom. The van der Waals surface area contributed by atoms with Gasteiger partial charge in [-0.05, 0) is 19.1 Å². The maximum absolute atomic E-state index is 11.8. The third kappa shape index (κ3) is 1.58. The summed E-state index contributed by atoms with van der Waals surface area (Å²) in [5.41, 5.74) is 1.50. The second-order valence-electron chi connectivity index (χ2n) is 3.70. The van der Waals surface area contributed by atoms with Crippen molar-refractivity contribution in [3.63, 3.8) is 0 Å². The van der Waals surface area contributed by atoms with Crippen LogP contribution in [0.4, 0.5) is 0 Å². The Labute approximate surface area is 93.7 Å². The molecule has 84 valence electrons. The van der Waals surface area contributed by atoms with Crippen molar-refractivity contribution in [3.05, 3.63) is 39.7 Å². The second kappa shape index (κ2) is 4.00. The van der Waals surface area contributed by atoms with E-state index in [1.807, 2.05) is 13.8 Å². The molecule has 0 amide bonds. The van der Waals surface area contributed by atoms with Gasteiger partial charge >= 0.3 is 0 Å². The van der Waals surface area contributed by atoms with E-state index in [0.29, 0.717) is 23.2 Å². The molecule has 0 spiro atoms. The predicted molar refractivity (Wildman–Crippen MR) is 63.2 cm³/mol. The molecule has 3 nitrogen and oxygen atoms in total. The van der Waals surface area contributed by atoms with E-state index in [0.717, 1.165) is 11.3 Å². The normalized spacial score (nSPS) is 10.7. The summed E-state index contributed by atoms with van der Waals surface area (Å²) in [7, 11) is 1.61. The Morgan fingerprint density at radius 2 is 2.12 bits per heavy atom. The minimum absolute atomic E-state index is 0.00357. The quantitative estimate of drug-likeness (QED) is 0.778. The molecule has 0 bridgehead atoms. The van der Waals surface area contributed by atoms with Crippen LogP contribution in [0, 0.1) is 6.92 Å². The van der Waals surface area contributed by atoms with Crippen LogP contribution in [0.1, 0.15) is 18.2 Å². The van der Waals surface area contributed by atoms with E-state index < -0.39 is 0 Å². The van der Waals surface area contributed by atoms with E-state index in [-0.39, 0.29) is 5.43 Å². The lowest BCUT2D eigenvalue weighted by Gasteiger charge is -2.07. The van der Waals surface area contributed by atoms with Crippen molar-refractivity contribution in [2.24, 2.45) is 0 Å². The molecule has 0 saturated heterocycles. The Bertz CT molecular complexity index is 581. The van der Waals surface area contributed by atoms with Crippen LogP contribution < -0.4 is 10.2 Å². The third-order valence-electron chi connectivity index (χ3n) is 2.72. The Morgan fingerprint density at radius 3 is 2.75 bits per heavy atom. The van der Waals surface area contributed by atoms with Gasteiger partial charge in [-0.15, -0.1) is 0 Å². The summed E-state index contributed by atoms with van der Waals surface area (Å²) in [6.07, 6.45) is 0.710. The first kappa shape index (κ1) is 10.7. The minimum atomic E-state index is 0.00357. The number of ether oxygens (including phenoxy) is 1. The van der Waals surface area contributed by atoms with Crippen LogP contribution in [0.15, 0.2) is 27.4 Å². The van der Waals surface area contributed by atoms with Crippen molar-refractivity contribution in [1.29, 1.82) is 0 Å². The number of hydrogen-bond acceptors (Lipinski definition) is 3. The lowest BCUT2D eigenvalue weighted by molar-refractivity contribution is 0.410. The summed E-state index contributed by atoms with van der Waals surface area (Å²) in [5.74, 6) is 1.44. The summed E-state index contributed by atoms with van der Waals surface area (Å²) in [6, 6.07) is 5.08. The predicted octanol–water partition coefficient (Wildman–Crippen LogP) is 2.67. The summed E-state index contributed by atoms with van der Waals surface area (Å²) < 4.78 is 10.9. The first-order chi connectivity index (χ1) is 7.67. The van der Waals surface area contributed by atoms with Crippen LogP contribution in [-0.4, -0.2) is 7.11 Å². The number of methoxy groups -OCH3 is 1. The zero-order valence-corrected chi connectivity index (χ0v) is 9.66. The smallest absolute Gasteiger partial charge is 0.192 e. The van der Waals surface area contributed by atoms with Gasteiger partial charge in [0.1, 0.15) is 17.1 Å². The molecule has 1 aromatic carbocycles. The third-order valence-corrected chi connectivity index (χ3v) is 2.72. The molecular formula is C13H14O3. The molecule has 0 aliphatic heterocycles. The highest BCUT2D eigenvalue weighted by atomic mass is 16.5. The van der Waals surface area contributed by atoms with E-state index in [4.69, 9.17) is 9.15 Å². The molecule has 0 atom stereocenters. The molecule has 0 aliphatic rings. The molecule has 1 heterocycles. The highest BCUT2D eigenvalue weighted by Crippen LogP contribution is 2.25. The minimum Gasteiger partial charge on any atom is -0.496 e. The maximum atomic E-state index is 11.8. The Hall–Kier alpha value is -1.77. The molecule has 2 rings (SSSR count). The fourth-order valence-corrected chi connectivity index (χ4v) is 1.78. The molecule has 0 N–H and O–H groups in total. The average Bonchev–Trinajstić information content (AvgIpc) is 2.30. The molecule has 0 unspecified atom stereocenters. The van der Waals surface area contributed by atoms with Crippen LogP contribution in [0.25, 0.3) is 11.0 Å². The lowest BCUT2D eigenvalue weighted by atomic mass is 10.1. The molecule has 0 radical (unpaired) electrons. The van der Waals surface area contributed by atoms with Gasteiger partial charge in [0, 0.05) is 18.1 Å². The SMILES string of the molecule is CCc1cc(=O)c2ccc(OC)c(C)c2o1. The molecule has 0 aliphatic carbocycles. The first-order valence-electron chi connectivity index (χ1n) is 5.27. The van der Waals surface area contributed by atoms with Gasteiger partial charge in [0.25, 0.3) is 0 Å². The second-order valence-corrected chi connectivity index (χ2v) is 3.70. The summed E-state index contributed by atoms with van der Waals surface area (Å²) in [6.45, 7) is 3.85. The van der Waals surface area contributed by atoms with Gasteiger partial charge in [0.2, 0.25) is 0 Å². The van der Waals surface area contributed by atoms with Crippen LogP contribution in [-0.2, 0) is 6.42 Å². The van der Waals surface area contributed by atoms with E-state index in [2.05, 4.69) is 0 Å². The van der Waals surface area contributed by atoms with Crippen molar-refractivity contribution < 1.29 is 9.15 Å². The number of aryl methyl sites for hydroxylation is 2. The highest BCUT2D eigenvalue weighted by molar-refractivity contribution is 5.81. The van der Waals surface area contributed by atoms with Crippen molar-refractivity contribution in [2.75, 3.05) is 7.11 Å². The van der Waals surface area contributed by atoms with Crippen molar-refractivity contribution in [3.8, 4) is 5.75 Å². The zero-order valence-electron chi connectivity index (χ0n) is 9.66. The van der Waals surface area contributed by atoms with E-state index in [1.54, 1.807) is 25.3 Å². The lowest BCUT2D eigenvalue weighted by Crippen LogP contribution is -2.03. The molecular weight excluding hydrogens is 204 g/mol. The Kier molecular flexibility index (Phi) is 2.69. The van der Waals surface area contributed by atoms with Gasteiger partial charge in [-0.1, -0.05) is 6.92 Å². The molecule has 3 heteroatoms. The molecule has 2 aromatic rings. The van der Waals surface area contributed by atoms with Crippen molar-refractivity contribution in [1.82, 2.24) is 0 Å². The van der Waals surface area contributed by atoms with Gasteiger partial charge in [-0.3, -0.25) is 4.79 Å². The maximum Gasteiger partial charge on any atom is 0.192 e. The van der Waals surface area contributed by atoms with Gasteiger partial charge in [-0.2, -0.15) is 0 Å². The molecule has 16 heavy (non-hydrogen) atoms. The van der Waals surface area contributed by atoms with Gasteiger partial charge in [0.05, 0.1) is 12.5 Å². The van der Waals surface area contributed by atoms with Gasteiger partial charge in [-0.25, -0.2) is 0 Å². The topological polar surface area (TPSA) is 39.4 Å². The van der Waals surface area contributed by atoms with Crippen LogP contribution in [0.2, 0.25) is 0 Å². The van der Waals surface area contributed by atoms with Crippen LogP contribution in [0.5, 0.6) is 5.75 Å². The zero-order chi connectivity index (χ0) is 11.7. The number of hydrogen-bond donors (Lipinski definition) is 0. The summed E-state index contributed by atoms with van der Waals surface area (Å²) in [5, 5.41) is 0.607. The van der Waals surface area contributed by atoms with Crippen LogP contribution >= 0.6 is 0 Å². The van der Waals surface area contributed by atoms with E-state index in [9.17, 15) is 4.79 Å². The van der Waals surface area contributed by atoms with Crippen molar-refractivity contribution >= 4 is 11.0 Å². The molecule has 1 aromatic heterocycles. The fraction of sp³-hybridized carbons (Fsp3) is 0.308. The number of rotatable bonds is 2. The number of benzene rings is 1. The fourth-order valence-electron chi connectivity index (χ4n) is 1.78. The molecule has 0 fully saturated rings. The average molecular weight is 218 g/mol. The highest BCUT2D eigenvalue weighted by Gasteiger charge is 2.09. The molecule has 0 saturated carbocycles. The van der Waals surface area contributed by atoms with Gasteiger partial charge in [0.15, 0.2) is 5.43 Å². The van der Waals surface area contributed by atoms with E-state index in [1.165, 1.54) is 0 Å². The van der Waals surface area contributed by atoms with Crippen LogP contribution in [0.3, 0.4) is 0 Å². The Balaban J connectivity index is 2.86.